The van der Waals surface area contributed by atoms with E-state index >= 15 is 0 Å². The molecule has 7 heteroatoms. The molecule has 23 heavy (non-hydrogen) atoms. The van der Waals surface area contributed by atoms with Crippen LogP contribution in [0.5, 0.6) is 0 Å². The van der Waals surface area contributed by atoms with Crippen molar-refractivity contribution in [3.05, 3.63) is 75.8 Å². The van der Waals surface area contributed by atoms with Gasteiger partial charge in [0.05, 0.1) is 10.3 Å². The number of benzene rings is 1. The van der Waals surface area contributed by atoms with Crippen molar-refractivity contribution in [2.75, 3.05) is 0 Å². The van der Waals surface area contributed by atoms with E-state index in [0.717, 1.165) is 16.0 Å². The number of sulfonamides is 1. The number of aromatic nitrogens is 1. The molecule has 2 aromatic heterocycles. The van der Waals surface area contributed by atoms with Crippen LogP contribution in [-0.4, -0.2) is 13.0 Å². The molecule has 120 valence electrons. The van der Waals surface area contributed by atoms with Crippen molar-refractivity contribution in [1.82, 2.24) is 9.29 Å². The Bertz CT molecular complexity index is 886. The number of halogens is 1. The summed E-state index contributed by atoms with van der Waals surface area (Å²) in [5.74, 6) is 0. The molecular formula is C16H15BrN2O2S2. The molecule has 0 aliphatic rings. The van der Waals surface area contributed by atoms with Crippen LogP contribution in [0.1, 0.15) is 11.3 Å². The number of hydrogen-bond acceptors (Lipinski definition) is 3. The number of nitrogens with zero attached hydrogens (tertiary/aromatic N) is 1. The maximum Gasteiger partial charge on any atom is 0.250 e. The summed E-state index contributed by atoms with van der Waals surface area (Å²) in [5, 5.41) is 0. The molecule has 0 saturated carbocycles. The van der Waals surface area contributed by atoms with E-state index in [1.807, 2.05) is 41.1 Å². The summed E-state index contributed by atoms with van der Waals surface area (Å²) in [7, 11) is -3.48. The standard InChI is InChI=1S/C16H15BrN2O2S2/c17-15-8-9-16(22-15)23(20,21)18-11-14-7-4-10-19(14)12-13-5-2-1-3-6-13/h1-10,18H,11-12H2. The summed E-state index contributed by atoms with van der Waals surface area (Å²) in [4.78, 5) is 0. The molecule has 0 aliphatic heterocycles. The molecule has 2 heterocycles. The zero-order valence-electron chi connectivity index (χ0n) is 12.1. The van der Waals surface area contributed by atoms with Gasteiger partial charge in [-0.05, 0) is 45.8 Å². The second kappa shape index (κ2) is 7.00. The van der Waals surface area contributed by atoms with Gasteiger partial charge in [0, 0.05) is 18.4 Å². The van der Waals surface area contributed by atoms with Crippen LogP contribution in [0.4, 0.5) is 0 Å². The second-order valence-corrected chi connectivity index (χ2v) is 9.45. The van der Waals surface area contributed by atoms with Crippen LogP contribution in [0, 0.1) is 0 Å². The Kier molecular flexibility index (Phi) is 5.01. The van der Waals surface area contributed by atoms with Crippen molar-refractivity contribution in [3.63, 3.8) is 0 Å². The molecule has 0 bridgehead atoms. The predicted molar refractivity (Wildman–Crippen MR) is 96.0 cm³/mol. The van der Waals surface area contributed by atoms with E-state index in [2.05, 4.69) is 32.8 Å². The maximum atomic E-state index is 12.3. The maximum absolute atomic E-state index is 12.3. The van der Waals surface area contributed by atoms with E-state index in [1.165, 1.54) is 16.9 Å². The minimum absolute atomic E-state index is 0.262. The lowest BCUT2D eigenvalue weighted by molar-refractivity contribution is 0.580. The summed E-state index contributed by atoms with van der Waals surface area (Å²) < 4.78 is 30.4. The smallest absolute Gasteiger partial charge is 0.250 e. The quantitative estimate of drug-likeness (QED) is 0.670. The fourth-order valence-electron chi connectivity index (χ4n) is 2.23. The molecule has 1 N–H and O–H groups in total. The molecule has 0 spiro atoms. The number of thiophene rings is 1. The van der Waals surface area contributed by atoms with Gasteiger partial charge in [-0.1, -0.05) is 30.3 Å². The Labute approximate surface area is 148 Å². The minimum atomic E-state index is -3.48. The van der Waals surface area contributed by atoms with Crippen molar-refractivity contribution in [2.24, 2.45) is 0 Å². The van der Waals surface area contributed by atoms with Crippen LogP contribution in [0.2, 0.25) is 0 Å². The highest BCUT2D eigenvalue weighted by Gasteiger charge is 2.16. The fourth-order valence-corrected chi connectivity index (χ4v) is 5.28. The third-order valence-corrected chi connectivity index (χ3v) is 6.89. The molecule has 1 aromatic carbocycles. The highest BCUT2D eigenvalue weighted by atomic mass is 79.9. The average Bonchev–Trinajstić information content (AvgIpc) is 3.16. The molecule has 3 rings (SSSR count). The molecular weight excluding hydrogens is 396 g/mol. The fraction of sp³-hybridized carbons (Fsp3) is 0.125. The largest absolute Gasteiger partial charge is 0.346 e. The summed E-state index contributed by atoms with van der Waals surface area (Å²) in [6.45, 7) is 0.979. The molecule has 0 unspecified atom stereocenters. The van der Waals surface area contributed by atoms with Crippen molar-refractivity contribution in [3.8, 4) is 0 Å². The van der Waals surface area contributed by atoms with E-state index in [0.29, 0.717) is 4.21 Å². The van der Waals surface area contributed by atoms with Gasteiger partial charge in [0.2, 0.25) is 10.0 Å². The molecule has 0 aliphatic carbocycles. The summed E-state index contributed by atoms with van der Waals surface area (Å²) in [6.07, 6.45) is 1.96. The molecule has 0 fully saturated rings. The molecule has 4 nitrogen and oxygen atoms in total. The van der Waals surface area contributed by atoms with Gasteiger partial charge >= 0.3 is 0 Å². The van der Waals surface area contributed by atoms with E-state index < -0.39 is 10.0 Å². The van der Waals surface area contributed by atoms with Crippen molar-refractivity contribution >= 4 is 37.3 Å². The SMILES string of the molecule is O=S(=O)(NCc1cccn1Cc1ccccc1)c1ccc(Br)s1. The van der Waals surface area contributed by atoms with Gasteiger partial charge in [-0.25, -0.2) is 13.1 Å². The number of rotatable bonds is 6. The van der Waals surface area contributed by atoms with Gasteiger partial charge in [-0.2, -0.15) is 0 Å². The number of hydrogen-bond donors (Lipinski definition) is 1. The highest BCUT2D eigenvalue weighted by Crippen LogP contribution is 2.25. The number of nitrogens with one attached hydrogen (secondary N) is 1. The lowest BCUT2D eigenvalue weighted by Crippen LogP contribution is -2.23. The minimum Gasteiger partial charge on any atom is -0.346 e. The highest BCUT2D eigenvalue weighted by molar-refractivity contribution is 9.11. The second-order valence-electron chi connectivity index (χ2n) is 5.00. The molecule has 0 saturated heterocycles. The third-order valence-electron chi connectivity index (χ3n) is 3.38. The Morgan fingerprint density at radius 2 is 1.83 bits per heavy atom. The zero-order valence-corrected chi connectivity index (χ0v) is 15.4. The van der Waals surface area contributed by atoms with Crippen molar-refractivity contribution in [1.29, 1.82) is 0 Å². The normalized spacial score (nSPS) is 11.7. The molecule has 0 atom stereocenters. The first-order valence-corrected chi connectivity index (χ1v) is 10.1. The van der Waals surface area contributed by atoms with Crippen LogP contribution in [0.25, 0.3) is 0 Å². The topological polar surface area (TPSA) is 51.1 Å². The van der Waals surface area contributed by atoms with Crippen LogP contribution < -0.4 is 4.72 Å². The van der Waals surface area contributed by atoms with E-state index in [1.54, 1.807) is 12.1 Å². The van der Waals surface area contributed by atoms with Gasteiger partial charge in [-0.15, -0.1) is 11.3 Å². The van der Waals surface area contributed by atoms with Gasteiger partial charge < -0.3 is 4.57 Å². The molecule has 0 radical (unpaired) electrons. The van der Waals surface area contributed by atoms with Gasteiger partial charge in [0.15, 0.2) is 0 Å². The van der Waals surface area contributed by atoms with E-state index in [-0.39, 0.29) is 6.54 Å². The van der Waals surface area contributed by atoms with Crippen LogP contribution in [-0.2, 0) is 23.1 Å². The lowest BCUT2D eigenvalue weighted by atomic mass is 10.2. The lowest BCUT2D eigenvalue weighted by Gasteiger charge is -2.10. The summed E-state index contributed by atoms with van der Waals surface area (Å²) in [6, 6.07) is 17.3. The van der Waals surface area contributed by atoms with Crippen molar-refractivity contribution in [2.45, 2.75) is 17.3 Å². The average molecular weight is 411 g/mol. The van der Waals surface area contributed by atoms with Crippen LogP contribution in [0.3, 0.4) is 0 Å². The molecule has 0 amide bonds. The Balaban J connectivity index is 1.71. The first kappa shape index (κ1) is 16.4. The van der Waals surface area contributed by atoms with Gasteiger partial charge in [0.1, 0.15) is 4.21 Å². The summed E-state index contributed by atoms with van der Waals surface area (Å²) >= 11 is 4.48. The third kappa shape index (κ3) is 4.11. The summed E-state index contributed by atoms with van der Waals surface area (Å²) in [5.41, 5.74) is 2.10. The Hall–Kier alpha value is -1.41. The van der Waals surface area contributed by atoms with Crippen LogP contribution >= 0.6 is 27.3 Å². The predicted octanol–water partition coefficient (Wildman–Crippen LogP) is 3.84. The van der Waals surface area contributed by atoms with Crippen LogP contribution in [0.15, 0.2) is 68.8 Å². The zero-order chi connectivity index (χ0) is 16.3. The van der Waals surface area contributed by atoms with Gasteiger partial charge in [-0.3, -0.25) is 0 Å². The molecule has 3 aromatic rings. The Morgan fingerprint density at radius 3 is 2.52 bits per heavy atom. The van der Waals surface area contributed by atoms with Crippen molar-refractivity contribution < 1.29 is 8.42 Å². The monoisotopic (exact) mass is 410 g/mol. The van der Waals surface area contributed by atoms with Gasteiger partial charge in [0.25, 0.3) is 0 Å². The van der Waals surface area contributed by atoms with E-state index in [4.69, 9.17) is 0 Å². The first-order chi connectivity index (χ1) is 11.0. The van der Waals surface area contributed by atoms with E-state index in [9.17, 15) is 8.42 Å². The first-order valence-electron chi connectivity index (χ1n) is 6.97. The Morgan fingerprint density at radius 1 is 1.04 bits per heavy atom.